The van der Waals surface area contributed by atoms with Gasteiger partial charge in [0, 0.05) is 26.6 Å². The summed E-state index contributed by atoms with van der Waals surface area (Å²) in [6.07, 6.45) is -0.0861. The predicted molar refractivity (Wildman–Crippen MR) is 60.7 cm³/mol. The zero-order chi connectivity index (χ0) is 12.4. The molecular formula is C11H17N3O3. The molecule has 0 aromatic carbocycles. The average molecular weight is 239 g/mol. The third-order valence-electron chi connectivity index (χ3n) is 2.79. The Bertz CT molecular complexity index is 416. The minimum absolute atomic E-state index is 0.0861. The van der Waals surface area contributed by atoms with Gasteiger partial charge in [0.1, 0.15) is 0 Å². The van der Waals surface area contributed by atoms with Crippen LogP contribution in [0.5, 0.6) is 0 Å². The van der Waals surface area contributed by atoms with Crippen molar-refractivity contribution >= 4 is 5.91 Å². The molecule has 2 heterocycles. The summed E-state index contributed by atoms with van der Waals surface area (Å²) in [6.45, 7) is 5.50. The van der Waals surface area contributed by atoms with Crippen LogP contribution in [0.1, 0.15) is 22.1 Å². The Labute approximate surface area is 99.7 Å². The van der Waals surface area contributed by atoms with Crippen LogP contribution in [0.3, 0.4) is 0 Å². The third-order valence-corrected chi connectivity index (χ3v) is 2.79. The summed E-state index contributed by atoms with van der Waals surface area (Å²) in [5.74, 6) is 0.694. The Hall–Kier alpha value is -1.40. The third kappa shape index (κ3) is 2.48. The van der Waals surface area contributed by atoms with Gasteiger partial charge in [0.15, 0.2) is 5.89 Å². The van der Waals surface area contributed by atoms with Gasteiger partial charge < -0.3 is 19.8 Å². The van der Waals surface area contributed by atoms with Gasteiger partial charge >= 0.3 is 0 Å². The zero-order valence-corrected chi connectivity index (χ0v) is 10.1. The van der Waals surface area contributed by atoms with Crippen molar-refractivity contribution in [1.82, 2.24) is 9.88 Å². The molecule has 94 valence electrons. The highest BCUT2D eigenvalue weighted by Gasteiger charge is 2.27. The minimum Gasteiger partial charge on any atom is -0.436 e. The Balaban J connectivity index is 2.12. The lowest BCUT2D eigenvalue weighted by atomic mass is 10.2. The number of hydrogen-bond acceptors (Lipinski definition) is 5. The van der Waals surface area contributed by atoms with Crippen molar-refractivity contribution in [3.63, 3.8) is 0 Å². The first kappa shape index (κ1) is 12.1. The fourth-order valence-corrected chi connectivity index (χ4v) is 1.92. The van der Waals surface area contributed by atoms with E-state index in [0.717, 1.165) is 0 Å². The molecule has 0 spiro atoms. The molecule has 1 amide bonds. The molecule has 17 heavy (non-hydrogen) atoms. The van der Waals surface area contributed by atoms with Crippen molar-refractivity contribution in [1.29, 1.82) is 0 Å². The number of amides is 1. The molecule has 6 nitrogen and oxygen atoms in total. The first-order valence-electron chi connectivity index (χ1n) is 5.66. The standard InChI is InChI=1S/C11H17N3O3/c1-7-10(17-8(2)13-7)11(15)14-3-4-16-9(5-12)6-14/h9H,3-6,12H2,1-2H3. The second-order valence-electron chi connectivity index (χ2n) is 4.13. The van der Waals surface area contributed by atoms with Crippen molar-refractivity contribution in [3.8, 4) is 0 Å². The fourth-order valence-electron chi connectivity index (χ4n) is 1.92. The van der Waals surface area contributed by atoms with E-state index in [4.69, 9.17) is 14.9 Å². The van der Waals surface area contributed by atoms with Crippen LogP contribution < -0.4 is 5.73 Å². The van der Waals surface area contributed by atoms with Gasteiger partial charge in [-0.2, -0.15) is 0 Å². The van der Waals surface area contributed by atoms with E-state index < -0.39 is 0 Å². The number of oxazole rings is 1. The largest absolute Gasteiger partial charge is 0.436 e. The van der Waals surface area contributed by atoms with E-state index >= 15 is 0 Å². The van der Waals surface area contributed by atoms with E-state index in [2.05, 4.69) is 4.98 Å². The van der Waals surface area contributed by atoms with Crippen molar-refractivity contribution in [2.75, 3.05) is 26.2 Å². The van der Waals surface area contributed by atoms with Crippen LogP contribution in [0.2, 0.25) is 0 Å². The van der Waals surface area contributed by atoms with Crippen LogP contribution in [0.25, 0.3) is 0 Å². The summed E-state index contributed by atoms with van der Waals surface area (Å²) in [7, 11) is 0. The molecule has 1 fully saturated rings. The normalized spacial score (nSPS) is 20.6. The summed E-state index contributed by atoms with van der Waals surface area (Å²) in [5.41, 5.74) is 6.17. The topological polar surface area (TPSA) is 81.6 Å². The molecule has 1 atom stereocenters. The highest BCUT2D eigenvalue weighted by atomic mass is 16.5. The van der Waals surface area contributed by atoms with Crippen LogP contribution in [-0.4, -0.2) is 48.1 Å². The van der Waals surface area contributed by atoms with Gasteiger partial charge in [-0.15, -0.1) is 0 Å². The maximum Gasteiger partial charge on any atom is 0.291 e. The van der Waals surface area contributed by atoms with Crippen LogP contribution in [0.15, 0.2) is 4.42 Å². The smallest absolute Gasteiger partial charge is 0.291 e. The number of carbonyl (C=O) groups excluding carboxylic acids is 1. The van der Waals surface area contributed by atoms with Crippen LogP contribution in [-0.2, 0) is 4.74 Å². The quantitative estimate of drug-likeness (QED) is 0.791. The number of aromatic nitrogens is 1. The van der Waals surface area contributed by atoms with Crippen LogP contribution >= 0.6 is 0 Å². The number of carbonyl (C=O) groups is 1. The average Bonchev–Trinajstić information content (AvgIpc) is 2.67. The second kappa shape index (κ2) is 4.85. The Morgan fingerprint density at radius 1 is 1.59 bits per heavy atom. The van der Waals surface area contributed by atoms with Gasteiger partial charge in [0.25, 0.3) is 5.91 Å². The highest BCUT2D eigenvalue weighted by molar-refractivity contribution is 5.92. The summed E-state index contributed by atoms with van der Waals surface area (Å²) in [4.78, 5) is 18.0. The van der Waals surface area contributed by atoms with E-state index in [-0.39, 0.29) is 12.0 Å². The molecule has 0 bridgehead atoms. The number of morpholine rings is 1. The van der Waals surface area contributed by atoms with Gasteiger partial charge in [0.2, 0.25) is 5.76 Å². The molecule has 1 aromatic rings. The van der Waals surface area contributed by atoms with E-state index in [0.29, 0.717) is 43.6 Å². The molecule has 1 saturated heterocycles. The lowest BCUT2D eigenvalue weighted by Gasteiger charge is -2.31. The molecule has 1 unspecified atom stereocenters. The number of ether oxygens (including phenoxy) is 1. The SMILES string of the molecule is Cc1nc(C)c(C(=O)N2CCOC(CN)C2)o1. The molecule has 1 aromatic heterocycles. The van der Waals surface area contributed by atoms with Gasteiger partial charge in [-0.25, -0.2) is 4.98 Å². The number of nitrogens with two attached hydrogens (primary N) is 1. The zero-order valence-electron chi connectivity index (χ0n) is 10.1. The van der Waals surface area contributed by atoms with Crippen molar-refractivity contribution < 1.29 is 13.9 Å². The molecule has 2 rings (SSSR count). The van der Waals surface area contributed by atoms with Gasteiger partial charge in [-0.1, -0.05) is 0 Å². The first-order valence-corrected chi connectivity index (χ1v) is 5.66. The summed E-state index contributed by atoms with van der Waals surface area (Å²) < 4.78 is 10.7. The van der Waals surface area contributed by atoms with Crippen LogP contribution in [0, 0.1) is 13.8 Å². The van der Waals surface area contributed by atoms with Crippen molar-refractivity contribution in [3.05, 3.63) is 17.3 Å². The predicted octanol–water partition coefficient (Wildman–Crippen LogP) is 0.0911. The summed E-state index contributed by atoms with van der Waals surface area (Å²) in [5, 5.41) is 0. The number of nitrogens with zero attached hydrogens (tertiary/aromatic N) is 2. The lowest BCUT2D eigenvalue weighted by molar-refractivity contribution is -0.0178. The van der Waals surface area contributed by atoms with Gasteiger partial charge in [-0.05, 0) is 6.92 Å². The van der Waals surface area contributed by atoms with Gasteiger partial charge in [0.05, 0.1) is 18.4 Å². The van der Waals surface area contributed by atoms with E-state index in [1.807, 2.05) is 0 Å². The van der Waals surface area contributed by atoms with Crippen LogP contribution in [0.4, 0.5) is 0 Å². The maximum atomic E-state index is 12.2. The fraction of sp³-hybridized carbons (Fsp3) is 0.636. The molecule has 1 aliphatic rings. The Kier molecular flexibility index (Phi) is 3.44. The molecule has 0 aliphatic carbocycles. The molecular weight excluding hydrogens is 222 g/mol. The summed E-state index contributed by atoms with van der Waals surface area (Å²) >= 11 is 0. The van der Waals surface area contributed by atoms with Crippen molar-refractivity contribution in [2.24, 2.45) is 5.73 Å². The van der Waals surface area contributed by atoms with E-state index in [1.54, 1.807) is 18.7 Å². The number of rotatable bonds is 2. The van der Waals surface area contributed by atoms with E-state index in [9.17, 15) is 4.79 Å². The lowest BCUT2D eigenvalue weighted by Crippen LogP contribution is -2.48. The molecule has 1 aliphatic heterocycles. The number of hydrogen-bond donors (Lipinski definition) is 1. The second-order valence-corrected chi connectivity index (χ2v) is 4.13. The maximum absolute atomic E-state index is 12.2. The molecule has 6 heteroatoms. The Morgan fingerprint density at radius 3 is 2.94 bits per heavy atom. The van der Waals surface area contributed by atoms with Crippen molar-refractivity contribution in [2.45, 2.75) is 20.0 Å². The Morgan fingerprint density at radius 2 is 2.35 bits per heavy atom. The summed E-state index contributed by atoms with van der Waals surface area (Å²) in [6, 6.07) is 0. The van der Waals surface area contributed by atoms with Gasteiger partial charge in [-0.3, -0.25) is 4.79 Å². The van der Waals surface area contributed by atoms with E-state index in [1.165, 1.54) is 0 Å². The molecule has 0 radical (unpaired) electrons. The highest BCUT2D eigenvalue weighted by Crippen LogP contribution is 2.14. The minimum atomic E-state index is -0.134. The monoisotopic (exact) mass is 239 g/mol. The molecule has 0 saturated carbocycles. The first-order chi connectivity index (χ1) is 8.11. The number of aryl methyl sites for hydroxylation is 2. The molecule has 2 N–H and O–H groups in total.